The molecule has 20 heavy (non-hydrogen) atoms. The van der Waals surface area contributed by atoms with Crippen LogP contribution in [0.4, 0.5) is 0 Å². The maximum atomic E-state index is 5.28. The number of hydrogen-bond acceptors (Lipinski definition) is 1. The lowest BCUT2D eigenvalue weighted by Crippen LogP contribution is -1.84. The van der Waals surface area contributed by atoms with E-state index in [1.807, 2.05) is 6.07 Å². The van der Waals surface area contributed by atoms with E-state index in [-0.39, 0.29) is 0 Å². The lowest BCUT2D eigenvalue weighted by Gasteiger charge is -1.98. The molecule has 0 bridgehead atoms. The topological polar surface area (TPSA) is 25.0 Å². The van der Waals surface area contributed by atoms with Crippen molar-refractivity contribution in [1.29, 1.82) is 0 Å². The number of H-pyrrole nitrogens is 1. The molecule has 2 aromatic carbocycles. The summed E-state index contributed by atoms with van der Waals surface area (Å²) in [5.74, 6) is 0.895. The molecule has 1 aliphatic carbocycles. The largest absolute Gasteiger partial charge is 0.497 e. The van der Waals surface area contributed by atoms with Gasteiger partial charge in [0, 0.05) is 23.0 Å². The molecule has 1 aromatic heterocycles. The molecule has 0 aliphatic heterocycles. The number of rotatable bonds is 2. The number of fused-ring (bicyclic) bond motifs is 2. The molecule has 1 heterocycles. The minimum Gasteiger partial charge on any atom is -0.497 e. The molecule has 0 spiro atoms. The van der Waals surface area contributed by atoms with Crippen molar-refractivity contribution in [3.05, 3.63) is 65.4 Å². The van der Waals surface area contributed by atoms with Crippen LogP contribution >= 0.6 is 0 Å². The van der Waals surface area contributed by atoms with Gasteiger partial charge >= 0.3 is 0 Å². The molecule has 2 nitrogen and oxygen atoms in total. The molecule has 1 aliphatic rings. The Labute approximate surface area is 117 Å². The Morgan fingerprint density at radius 2 is 1.95 bits per heavy atom. The third-order valence-electron chi connectivity index (χ3n) is 3.94. The van der Waals surface area contributed by atoms with E-state index in [1.165, 1.54) is 27.8 Å². The summed E-state index contributed by atoms with van der Waals surface area (Å²) < 4.78 is 5.28. The van der Waals surface area contributed by atoms with E-state index in [2.05, 4.69) is 53.5 Å². The second kappa shape index (κ2) is 4.27. The van der Waals surface area contributed by atoms with E-state index in [4.69, 9.17) is 4.74 Å². The van der Waals surface area contributed by atoms with Crippen molar-refractivity contribution in [2.75, 3.05) is 7.11 Å². The average molecular weight is 261 g/mol. The fraction of sp³-hybridized carbons (Fsp3) is 0.111. The van der Waals surface area contributed by atoms with Crippen molar-refractivity contribution in [2.45, 2.75) is 6.42 Å². The van der Waals surface area contributed by atoms with Crippen molar-refractivity contribution in [2.24, 2.45) is 0 Å². The molecule has 1 N–H and O–H groups in total. The van der Waals surface area contributed by atoms with Gasteiger partial charge < -0.3 is 9.72 Å². The fourth-order valence-electron chi connectivity index (χ4n) is 2.86. The summed E-state index contributed by atoms with van der Waals surface area (Å²) in [7, 11) is 1.70. The zero-order valence-electron chi connectivity index (χ0n) is 11.3. The monoisotopic (exact) mass is 261 g/mol. The molecule has 0 amide bonds. The van der Waals surface area contributed by atoms with Gasteiger partial charge in [-0.1, -0.05) is 24.3 Å². The lowest BCUT2D eigenvalue weighted by atomic mass is 10.1. The van der Waals surface area contributed by atoms with Gasteiger partial charge in [-0.2, -0.15) is 0 Å². The summed E-state index contributed by atoms with van der Waals surface area (Å²) in [5.41, 5.74) is 6.43. The van der Waals surface area contributed by atoms with Crippen LogP contribution in [0.5, 0.6) is 5.75 Å². The van der Waals surface area contributed by atoms with Gasteiger partial charge in [0.2, 0.25) is 0 Å². The Hall–Kier alpha value is -2.48. The third-order valence-corrected chi connectivity index (χ3v) is 3.94. The minimum atomic E-state index is 0.895. The van der Waals surface area contributed by atoms with Gasteiger partial charge in [0.15, 0.2) is 0 Å². The molecule has 0 fully saturated rings. The molecule has 0 radical (unpaired) electrons. The molecule has 0 unspecified atom stereocenters. The summed E-state index contributed by atoms with van der Waals surface area (Å²) in [4.78, 5) is 3.50. The first-order valence-electron chi connectivity index (χ1n) is 6.79. The maximum Gasteiger partial charge on any atom is 0.119 e. The van der Waals surface area contributed by atoms with Gasteiger partial charge in [-0.3, -0.25) is 0 Å². The van der Waals surface area contributed by atoms with E-state index in [9.17, 15) is 0 Å². The van der Waals surface area contributed by atoms with Crippen molar-refractivity contribution >= 4 is 22.6 Å². The highest BCUT2D eigenvalue weighted by Gasteiger charge is 2.15. The molecule has 0 saturated heterocycles. The standard InChI is InChI=1S/C18H15NO/c1-20-16-6-7-17-15(10-16)11-18(19-17)14-8-12-4-2-3-5-13(12)9-14/h2-8,10-11,19H,9H2,1H3. The van der Waals surface area contributed by atoms with Crippen LogP contribution in [0.15, 0.2) is 48.5 Å². The van der Waals surface area contributed by atoms with Gasteiger partial charge in [0.1, 0.15) is 5.75 Å². The first kappa shape index (κ1) is 11.4. The second-order valence-electron chi connectivity index (χ2n) is 5.18. The van der Waals surface area contributed by atoms with Gasteiger partial charge in [-0.05, 0) is 47.0 Å². The van der Waals surface area contributed by atoms with Crippen LogP contribution < -0.4 is 4.74 Å². The van der Waals surface area contributed by atoms with E-state index in [1.54, 1.807) is 7.11 Å². The smallest absolute Gasteiger partial charge is 0.119 e. The SMILES string of the molecule is COc1ccc2[nH]c(C3=Cc4ccccc4C3)cc2c1. The molecule has 98 valence electrons. The Morgan fingerprint density at radius 1 is 1.05 bits per heavy atom. The number of methoxy groups -OCH3 is 1. The molecule has 3 aromatic rings. The van der Waals surface area contributed by atoms with Crippen LogP contribution in [-0.2, 0) is 6.42 Å². The van der Waals surface area contributed by atoms with Crippen LogP contribution in [0.2, 0.25) is 0 Å². The van der Waals surface area contributed by atoms with Crippen LogP contribution in [0, 0.1) is 0 Å². The number of ether oxygens (including phenoxy) is 1. The van der Waals surface area contributed by atoms with Crippen molar-refractivity contribution in [3.63, 3.8) is 0 Å². The van der Waals surface area contributed by atoms with Crippen molar-refractivity contribution < 1.29 is 4.74 Å². The molecule has 4 rings (SSSR count). The van der Waals surface area contributed by atoms with Crippen molar-refractivity contribution in [1.82, 2.24) is 4.98 Å². The number of aromatic amines is 1. The maximum absolute atomic E-state index is 5.28. The number of hydrogen-bond donors (Lipinski definition) is 1. The third kappa shape index (κ3) is 1.73. The van der Waals surface area contributed by atoms with E-state index < -0.39 is 0 Å². The van der Waals surface area contributed by atoms with Crippen LogP contribution in [-0.4, -0.2) is 12.1 Å². The average Bonchev–Trinajstić information content (AvgIpc) is 3.09. The van der Waals surface area contributed by atoms with Crippen LogP contribution in [0.3, 0.4) is 0 Å². The summed E-state index contributed by atoms with van der Waals surface area (Å²) in [6, 6.07) is 16.9. The summed E-state index contributed by atoms with van der Waals surface area (Å²) >= 11 is 0. The lowest BCUT2D eigenvalue weighted by molar-refractivity contribution is 0.415. The molecule has 0 saturated carbocycles. The zero-order chi connectivity index (χ0) is 13.5. The minimum absolute atomic E-state index is 0.895. The molecular formula is C18H15NO. The van der Waals surface area contributed by atoms with Crippen molar-refractivity contribution in [3.8, 4) is 5.75 Å². The second-order valence-corrected chi connectivity index (χ2v) is 5.18. The molecular weight excluding hydrogens is 246 g/mol. The predicted octanol–water partition coefficient (Wildman–Crippen LogP) is 4.27. The molecule has 2 heteroatoms. The van der Waals surface area contributed by atoms with Crippen LogP contribution in [0.25, 0.3) is 22.6 Å². The first-order chi connectivity index (χ1) is 9.83. The predicted molar refractivity (Wildman–Crippen MR) is 82.9 cm³/mol. The van der Waals surface area contributed by atoms with Gasteiger partial charge in [-0.25, -0.2) is 0 Å². The van der Waals surface area contributed by atoms with Crippen LogP contribution in [0.1, 0.15) is 16.8 Å². The highest BCUT2D eigenvalue weighted by molar-refractivity contribution is 5.92. The van der Waals surface area contributed by atoms with Gasteiger partial charge in [-0.15, -0.1) is 0 Å². The normalized spacial score (nSPS) is 13.3. The van der Waals surface area contributed by atoms with Gasteiger partial charge in [0.05, 0.1) is 7.11 Å². The highest BCUT2D eigenvalue weighted by atomic mass is 16.5. The summed E-state index contributed by atoms with van der Waals surface area (Å²) in [6.45, 7) is 0. The van der Waals surface area contributed by atoms with E-state index >= 15 is 0 Å². The Morgan fingerprint density at radius 3 is 2.80 bits per heavy atom. The van der Waals surface area contributed by atoms with E-state index in [0.717, 1.165) is 17.7 Å². The highest BCUT2D eigenvalue weighted by Crippen LogP contribution is 2.33. The number of allylic oxidation sites excluding steroid dienone is 1. The first-order valence-corrected chi connectivity index (χ1v) is 6.79. The van der Waals surface area contributed by atoms with Gasteiger partial charge in [0.25, 0.3) is 0 Å². The summed E-state index contributed by atoms with van der Waals surface area (Å²) in [6.07, 6.45) is 3.28. The Balaban J connectivity index is 1.77. The van der Waals surface area contributed by atoms with E-state index in [0.29, 0.717) is 0 Å². The number of benzene rings is 2. The Bertz CT molecular complexity index is 826. The Kier molecular flexibility index (Phi) is 2.43. The fourth-order valence-corrected chi connectivity index (χ4v) is 2.86. The quantitative estimate of drug-likeness (QED) is 0.732. The summed E-state index contributed by atoms with van der Waals surface area (Å²) in [5, 5.41) is 1.19. The zero-order valence-corrected chi connectivity index (χ0v) is 11.3. The number of nitrogens with one attached hydrogen (secondary N) is 1. The number of aromatic nitrogens is 1. The molecule has 0 atom stereocenters.